The highest BCUT2D eigenvalue weighted by Gasteiger charge is 2.71. The lowest BCUT2D eigenvalue weighted by Gasteiger charge is -2.37. The second kappa shape index (κ2) is 7.65. The molecule has 0 unspecified atom stereocenters. The van der Waals surface area contributed by atoms with Gasteiger partial charge in [-0.15, -0.1) is 0 Å². The summed E-state index contributed by atoms with van der Waals surface area (Å²) in [5.41, 5.74) is 1.74. The van der Waals surface area contributed by atoms with Crippen LogP contribution in [-0.2, 0) is 4.79 Å². The van der Waals surface area contributed by atoms with E-state index in [-0.39, 0.29) is 17.3 Å². The minimum Gasteiger partial charge on any atom is -0.497 e. The molecule has 5 nitrogen and oxygen atoms in total. The number of methoxy groups -OCH3 is 1. The molecule has 3 aliphatic rings. The molecule has 0 bridgehead atoms. The van der Waals surface area contributed by atoms with Crippen LogP contribution in [0, 0.1) is 5.41 Å². The maximum atomic E-state index is 14.3. The number of hydrogen-bond donors (Lipinski definition) is 0. The number of nitrogens with zero attached hydrogens (tertiary/aromatic N) is 1. The normalized spacial score (nSPS) is 23.3. The predicted molar refractivity (Wildman–Crippen MR) is 134 cm³/mol. The van der Waals surface area contributed by atoms with Crippen LogP contribution < -0.4 is 9.64 Å². The van der Waals surface area contributed by atoms with Crippen molar-refractivity contribution in [3.8, 4) is 5.75 Å². The van der Waals surface area contributed by atoms with E-state index in [0.29, 0.717) is 21.9 Å². The summed E-state index contributed by atoms with van der Waals surface area (Å²) in [4.78, 5) is 43.9. The Morgan fingerprint density at radius 3 is 2.23 bits per heavy atom. The molecule has 2 heterocycles. The fraction of sp³-hybridized carbons (Fsp3) is 0.207. The van der Waals surface area contributed by atoms with Crippen LogP contribution in [0.2, 0.25) is 5.02 Å². The van der Waals surface area contributed by atoms with E-state index in [0.717, 1.165) is 16.8 Å². The fourth-order valence-electron chi connectivity index (χ4n) is 6.29. The zero-order valence-corrected chi connectivity index (χ0v) is 20.0. The number of anilines is 1. The summed E-state index contributed by atoms with van der Waals surface area (Å²) in [7, 11) is 1.58. The Labute approximate surface area is 208 Å². The summed E-state index contributed by atoms with van der Waals surface area (Å²) in [5.74, 6) is -0.611. The van der Waals surface area contributed by atoms with Gasteiger partial charge >= 0.3 is 0 Å². The van der Waals surface area contributed by atoms with Gasteiger partial charge in [0.1, 0.15) is 11.2 Å². The molecule has 6 heteroatoms. The third kappa shape index (κ3) is 2.79. The number of ketones is 3. The third-order valence-corrected chi connectivity index (χ3v) is 7.89. The van der Waals surface area contributed by atoms with Crippen molar-refractivity contribution in [3.05, 3.63) is 100 Å². The smallest absolute Gasteiger partial charge is 0.180 e. The Morgan fingerprint density at radius 1 is 0.971 bits per heavy atom. The molecule has 6 rings (SSSR count). The first-order valence-corrected chi connectivity index (χ1v) is 11.9. The molecule has 0 aromatic heterocycles. The average Bonchev–Trinajstić information content (AvgIpc) is 3.30. The number of ether oxygens (including phenoxy) is 1. The SMILES string of the molecule is COc1ccc([C@@H]2[C@H](C(C)=O)N3c4ccc(Cl)cc4C=C[C@@H]3C23C(=O)c2ccccc2C3=O)cc1. The summed E-state index contributed by atoms with van der Waals surface area (Å²) < 4.78 is 5.33. The number of carbonyl (C=O) groups is 3. The Hall–Kier alpha value is -3.70. The fourth-order valence-corrected chi connectivity index (χ4v) is 6.47. The van der Waals surface area contributed by atoms with Crippen molar-refractivity contribution in [2.45, 2.75) is 24.9 Å². The third-order valence-electron chi connectivity index (χ3n) is 7.66. The Bertz CT molecular complexity index is 1410. The molecule has 1 spiro atoms. The Morgan fingerprint density at radius 2 is 1.63 bits per heavy atom. The van der Waals surface area contributed by atoms with Crippen LogP contribution in [0.4, 0.5) is 5.69 Å². The predicted octanol–water partition coefficient (Wildman–Crippen LogP) is 5.37. The summed E-state index contributed by atoms with van der Waals surface area (Å²) in [5, 5.41) is 0.576. The van der Waals surface area contributed by atoms with E-state index < -0.39 is 23.4 Å². The van der Waals surface area contributed by atoms with Crippen LogP contribution in [0.5, 0.6) is 5.75 Å². The van der Waals surface area contributed by atoms with Gasteiger partial charge in [0, 0.05) is 27.8 Å². The number of carbonyl (C=O) groups excluding carboxylic acids is 3. The number of halogens is 1. The van der Waals surface area contributed by atoms with Gasteiger partial charge in [-0.2, -0.15) is 0 Å². The first-order valence-electron chi connectivity index (χ1n) is 11.5. The van der Waals surface area contributed by atoms with Crippen LogP contribution in [0.3, 0.4) is 0 Å². The van der Waals surface area contributed by atoms with E-state index in [2.05, 4.69) is 0 Å². The van der Waals surface area contributed by atoms with Gasteiger partial charge in [0.15, 0.2) is 17.3 Å². The quantitative estimate of drug-likeness (QED) is 0.468. The first kappa shape index (κ1) is 21.8. The van der Waals surface area contributed by atoms with Crippen LogP contribution in [-0.4, -0.2) is 36.5 Å². The molecule has 3 aromatic rings. The largest absolute Gasteiger partial charge is 0.497 e. The van der Waals surface area contributed by atoms with Crippen molar-refractivity contribution >= 4 is 40.7 Å². The molecular formula is C29H22ClNO4. The molecule has 1 fully saturated rings. The minimum absolute atomic E-state index is 0.111. The molecule has 35 heavy (non-hydrogen) atoms. The van der Waals surface area contributed by atoms with Crippen molar-refractivity contribution in [2.24, 2.45) is 5.41 Å². The van der Waals surface area contributed by atoms with Gasteiger partial charge < -0.3 is 9.64 Å². The Balaban J connectivity index is 1.66. The summed E-state index contributed by atoms with van der Waals surface area (Å²) >= 11 is 6.26. The molecule has 0 saturated carbocycles. The van der Waals surface area contributed by atoms with Crippen LogP contribution in [0.15, 0.2) is 72.8 Å². The lowest BCUT2D eigenvalue weighted by Crippen LogP contribution is -2.48. The molecule has 3 atom stereocenters. The maximum absolute atomic E-state index is 14.3. The molecular weight excluding hydrogens is 462 g/mol. The molecule has 174 valence electrons. The first-order chi connectivity index (χ1) is 16.9. The van der Waals surface area contributed by atoms with Crippen LogP contribution in [0.1, 0.15) is 44.7 Å². The zero-order valence-electron chi connectivity index (χ0n) is 19.2. The number of Topliss-reactive ketones (excluding diaryl/α,β-unsaturated/α-hetero) is 3. The second-order valence-electron chi connectivity index (χ2n) is 9.29. The van der Waals surface area contributed by atoms with Gasteiger partial charge in [0.05, 0.1) is 19.2 Å². The number of rotatable bonds is 3. The molecule has 1 saturated heterocycles. The number of fused-ring (bicyclic) bond motifs is 5. The summed E-state index contributed by atoms with van der Waals surface area (Å²) in [6.07, 6.45) is 3.79. The van der Waals surface area contributed by atoms with Gasteiger partial charge in [-0.05, 0) is 48.4 Å². The monoisotopic (exact) mass is 483 g/mol. The highest BCUT2D eigenvalue weighted by molar-refractivity contribution is 6.32. The standard InChI is InChI=1S/C29H22ClNO4/c1-16(32)26-25(17-7-11-20(35-2)12-8-17)29(27(33)21-5-3-4-6-22(21)28(29)34)24-14-9-18-15-19(30)10-13-23(18)31(24)26/h3-15,24-26H,1-2H3/t24-,25-,26+/m1/s1. The number of benzene rings is 3. The van der Waals surface area contributed by atoms with Crippen molar-refractivity contribution in [1.29, 1.82) is 0 Å². The second-order valence-corrected chi connectivity index (χ2v) is 9.73. The van der Waals surface area contributed by atoms with E-state index in [4.69, 9.17) is 16.3 Å². The Kier molecular flexibility index (Phi) is 4.77. The highest BCUT2D eigenvalue weighted by Crippen LogP contribution is 2.60. The lowest BCUT2D eigenvalue weighted by molar-refractivity contribution is -0.118. The number of hydrogen-bond acceptors (Lipinski definition) is 5. The van der Waals surface area contributed by atoms with Gasteiger partial charge in [-0.25, -0.2) is 0 Å². The molecule has 3 aromatic carbocycles. The van der Waals surface area contributed by atoms with Gasteiger partial charge in [0.2, 0.25) is 0 Å². The average molecular weight is 484 g/mol. The van der Waals surface area contributed by atoms with Crippen molar-refractivity contribution in [3.63, 3.8) is 0 Å². The van der Waals surface area contributed by atoms with Gasteiger partial charge in [-0.3, -0.25) is 14.4 Å². The van der Waals surface area contributed by atoms with Crippen molar-refractivity contribution in [2.75, 3.05) is 12.0 Å². The van der Waals surface area contributed by atoms with E-state index in [1.165, 1.54) is 6.92 Å². The molecule has 1 aliphatic carbocycles. The van der Waals surface area contributed by atoms with Gasteiger partial charge in [-0.1, -0.05) is 60.2 Å². The zero-order chi connectivity index (χ0) is 24.5. The van der Waals surface area contributed by atoms with E-state index in [9.17, 15) is 14.4 Å². The maximum Gasteiger partial charge on any atom is 0.180 e. The molecule has 0 N–H and O–H groups in total. The lowest BCUT2D eigenvalue weighted by atomic mass is 9.64. The van der Waals surface area contributed by atoms with E-state index in [1.54, 1.807) is 49.6 Å². The summed E-state index contributed by atoms with van der Waals surface area (Å²) in [6.45, 7) is 1.53. The topological polar surface area (TPSA) is 63.7 Å². The minimum atomic E-state index is -1.47. The van der Waals surface area contributed by atoms with E-state index in [1.807, 2.05) is 41.3 Å². The summed E-state index contributed by atoms with van der Waals surface area (Å²) in [6, 6.07) is 18.4. The molecule has 0 radical (unpaired) electrons. The highest BCUT2D eigenvalue weighted by atomic mass is 35.5. The molecule has 2 aliphatic heterocycles. The van der Waals surface area contributed by atoms with Crippen molar-refractivity contribution < 1.29 is 19.1 Å². The van der Waals surface area contributed by atoms with Crippen molar-refractivity contribution in [1.82, 2.24) is 0 Å². The van der Waals surface area contributed by atoms with Gasteiger partial charge in [0.25, 0.3) is 0 Å². The van der Waals surface area contributed by atoms with E-state index >= 15 is 0 Å². The van der Waals surface area contributed by atoms with Crippen LogP contribution in [0.25, 0.3) is 6.08 Å². The molecule has 0 amide bonds. The van der Waals surface area contributed by atoms with Crippen LogP contribution >= 0.6 is 11.6 Å².